The van der Waals surface area contributed by atoms with E-state index in [0.29, 0.717) is 11.7 Å². The van der Waals surface area contributed by atoms with E-state index < -0.39 is 18.0 Å². The van der Waals surface area contributed by atoms with E-state index in [1.54, 1.807) is 6.92 Å². The van der Waals surface area contributed by atoms with Gasteiger partial charge in [-0.3, -0.25) is 0 Å². The normalized spacial score (nSPS) is 12.9. The van der Waals surface area contributed by atoms with Crippen molar-refractivity contribution in [2.45, 2.75) is 39.2 Å². The number of para-hydroxylation sites is 1. The highest BCUT2D eigenvalue weighted by Crippen LogP contribution is 2.29. The molecular formula is C20H22O5. The van der Waals surface area contributed by atoms with Crippen LogP contribution in [0.5, 0.6) is 11.5 Å². The Morgan fingerprint density at radius 3 is 2.48 bits per heavy atom. The van der Waals surface area contributed by atoms with Gasteiger partial charge in [0.25, 0.3) is 0 Å². The fourth-order valence-electron chi connectivity index (χ4n) is 2.35. The molecule has 0 aliphatic heterocycles. The molecule has 0 aliphatic rings. The van der Waals surface area contributed by atoms with Gasteiger partial charge < -0.3 is 14.6 Å². The van der Waals surface area contributed by atoms with Crippen LogP contribution in [0.4, 0.5) is 0 Å². The second kappa shape index (κ2) is 8.33. The lowest BCUT2D eigenvalue weighted by atomic mass is 9.98. The first kappa shape index (κ1) is 18.5. The maximum Gasteiger partial charge on any atom is 0.352 e. The number of benzene rings is 2. The Labute approximate surface area is 147 Å². The summed E-state index contributed by atoms with van der Waals surface area (Å²) in [5, 5.41) is 8.99. The standard InChI is InChI=1S/C20H22O5/c1-4-13(2)17-10-5-6-11-18(17)24-14(3)20(23)25-16-9-7-8-15(12-16)19(21)22/h5-14H,4H2,1-3H3,(H,21,22). The number of carboxylic acids is 1. The Balaban J connectivity index is 2.09. The third kappa shape index (κ3) is 4.83. The SMILES string of the molecule is CCC(C)c1ccccc1OC(C)C(=O)Oc1cccc(C(=O)O)c1. The zero-order valence-electron chi connectivity index (χ0n) is 14.6. The van der Waals surface area contributed by atoms with Crippen molar-refractivity contribution in [3.8, 4) is 11.5 Å². The van der Waals surface area contributed by atoms with Crippen molar-refractivity contribution in [2.75, 3.05) is 0 Å². The first-order chi connectivity index (χ1) is 11.9. The highest BCUT2D eigenvalue weighted by atomic mass is 16.6. The lowest BCUT2D eigenvalue weighted by molar-refractivity contribution is -0.141. The molecule has 0 saturated carbocycles. The van der Waals surface area contributed by atoms with Gasteiger partial charge in [0.1, 0.15) is 11.5 Å². The maximum absolute atomic E-state index is 12.3. The molecule has 0 fully saturated rings. The van der Waals surface area contributed by atoms with E-state index in [-0.39, 0.29) is 11.3 Å². The molecule has 2 rings (SSSR count). The molecule has 0 spiro atoms. The van der Waals surface area contributed by atoms with Crippen molar-refractivity contribution < 1.29 is 24.2 Å². The van der Waals surface area contributed by atoms with E-state index in [0.717, 1.165) is 12.0 Å². The van der Waals surface area contributed by atoms with Gasteiger partial charge in [-0.1, -0.05) is 38.1 Å². The summed E-state index contributed by atoms with van der Waals surface area (Å²) in [6.07, 6.45) is 0.139. The minimum atomic E-state index is -1.08. The van der Waals surface area contributed by atoms with Crippen LogP contribution < -0.4 is 9.47 Å². The van der Waals surface area contributed by atoms with Crippen LogP contribution in [-0.2, 0) is 4.79 Å². The van der Waals surface area contributed by atoms with E-state index >= 15 is 0 Å². The Hall–Kier alpha value is -2.82. The predicted octanol–water partition coefficient (Wildman–Crippen LogP) is 4.27. The molecule has 0 aliphatic carbocycles. The third-order valence-electron chi connectivity index (χ3n) is 4.00. The summed E-state index contributed by atoms with van der Waals surface area (Å²) in [6.45, 7) is 5.80. The van der Waals surface area contributed by atoms with Crippen molar-refractivity contribution in [3.63, 3.8) is 0 Å². The molecule has 1 N–H and O–H groups in total. The van der Waals surface area contributed by atoms with E-state index in [1.165, 1.54) is 24.3 Å². The lowest BCUT2D eigenvalue weighted by Gasteiger charge is -2.19. The minimum absolute atomic E-state index is 0.0565. The topological polar surface area (TPSA) is 72.8 Å². The number of rotatable bonds is 7. The molecule has 2 unspecified atom stereocenters. The Morgan fingerprint density at radius 1 is 1.08 bits per heavy atom. The van der Waals surface area contributed by atoms with E-state index in [2.05, 4.69) is 13.8 Å². The number of carbonyl (C=O) groups is 2. The minimum Gasteiger partial charge on any atom is -0.479 e. The molecule has 132 valence electrons. The number of ether oxygens (including phenoxy) is 2. The van der Waals surface area contributed by atoms with Gasteiger partial charge in [0, 0.05) is 0 Å². The van der Waals surface area contributed by atoms with Crippen LogP contribution in [0, 0.1) is 0 Å². The molecule has 5 heteroatoms. The smallest absolute Gasteiger partial charge is 0.352 e. The molecule has 0 radical (unpaired) electrons. The van der Waals surface area contributed by atoms with Crippen molar-refractivity contribution in [1.82, 2.24) is 0 Å². The first-order valence-electron chi connectivity index (χ1n) is 8.23. The quantitative estimate of drug-likeness (QED) is 0.601. The molecule has 2 aromatic carbocycles. The zero-order chi connectivity index (χ0) is 18.4. The van der Waals surface area contributed by atoms with Crippen LogP contribution in [0.3, 0.4) is 0 Å². The van der Waals surface area contributed by atoms with Crippen LogP contribution in [0.15, 0.2) is 48.5 Å². The molecule has 0 saturated heterocycles. The molecule has 2 aromatic rings. The second-order valence-electron chi connectivity index (χ2n) is 5.86. The summed E-state index contributed by atoms with van der Waals surface area (Å²) >= 11 is 0. The van der Waals surface area contributed by atoms with Gasteiger partial charge in [-0.05, 0) is 49.1 Å². The van der Waals surface area contributed by atoms with Crippen molar-refractivity contribution in [3.05, 3.63) is 59.7 Å². The monoisotopic (exact) mass is 342 g/mol. The number of carbonyl (C=O) groups excluding carboxylic acids is 1. The number of esters is 1. The summed E-state index contributed by atoms with van der Waals surface area (Å²) in [5.74, 6) is -0.519. The Morgan fingerprint density at radius 2 is 1.80 bits per heavy atom. The van der Waals surface area contributed by atoms with E-state index in [1.807, 2.05) is 24.3 Å². The molecule has 25 heavy (non-hydrogen) atoms. The van der Waals surface area contributed by atoms with Gasteiger partial charge in [0.15, 0.2) is 6.10 Å². The van der Waals surface area contributed by atoms with Crippen LogP contribution in [0.2, 0.25) is 0 Å². The molecule has 0 heterocycles. The predicted molar refractivity (Wildman–Crippen MR) is 94.3 cm³/mol. The summed E-state index contributed by atoms with van der Waals surface area (Å²) in [5.41, 5.74) is 1.10. The number of aromatic carboxylic acids is 1. The zero-order valence-corrected chi connectivity index (χ0v) is 14.6. The Bertz CT molecular complexity index is 753. The first-order valence-corrected chi connectivity index (χ1v) is 8.23. The van der Waals surface area contributed by atoms with Crippen molar-refractivity contribution in [2.24, 2.45) is 0 Å². The Kier molecular flexibility index (Phi) is 6.17. The van der Waals surface area contributed by atoms with E-state index in [4.69, 9.17) is 14.6 Å². The summed E-state index contributed by atoms with van der Waals surface area (Å²) in [7, 11) is 0. The van der Waals surface area contributed by atoms with Gasteiger partial charge in [-0.25, -0.2) is 9.59 Å². The van der Waals surface area contributed by atoms with Gasteiger partial charge in [-0.2, -0.15) is 0 Å². The molecule has 0 aromatic heterocycles. The number of hydrogen-bond donors (Lipinski definition) is 1. The molecule has 0 amide bonds. The summed E-state index contributed by atoms with van der Waals surface area (Å²) in [4.78, 5) is 23.2. The van der Waals surface area contributed by atoms with Gasteiger partial charge in [0.2, 0.25) is 0 Å². The average molecular weight is 342 g/mol. The number of carboxylic acid groups (broad SMARTS) is 1. The molecule has 0 bridgehead atoms. The van der Waals surface area contributed by atoms with Gasteiger partial charge in [-0.15, -0.1) is 0 Å². The van der Waals surface area contributed by atoms with Gasteiger partial charge in [0.05, 0.1) is 5.56 Å². The fourth-order valence-corrected chi connectivity index (χ4v) is 2.35. The lowest BCUT2D eigenvalue weighted by Crippen LogP contribution is -2.29. The van der Waals surface area contributed by atoms with Crippen molar-refractivity contribution >= 4 is 11.9 Å². The summed E-state index contributed by atoms with van der Waals surface area (Å²) in [6, 6.07) is 13.4. The number of hydrogen-bond acceptors (Lipinski definition) is 4. The van der Waals surface area contributed by atoms with E-state index in [9.17, 15) is 9.59 Å². The fraction of sp³-hybridized carbons (Fsp3) is 0.300. The van der Waals surface area contributed by atoms with Crippen molar-refractivity contribution in [1.29, 1.82) is 0 Å². The largest absolute Gasteiger partial charge is 0.479 e. The molecule has 5 nitrogen and oxygen atoms in total. The second-order valence-corrected chi connectivity index (χ2v) is 5.86. The molecular weight excluding hydrogens is 320 g/mol. The summed E-state index contributed by atoms with van der Waals surface area (Å²) < 4.78 is 11.0. The van der Waals surface area contributed by atoms with Crippen LogP contribution in [-0.4, -0.2) is 23.1 Å². The average Bonchev–Trinajstić information content (AvgIpc) is 2.61. The third-order valence-corrected chi connectivity index (χ3v) is 4.00. The van der Waals surface area contributed by atoms with Crippen LogP contribution >= 0.6 is 0 Å². The highest BCUT2D eigenvalue weighted by molar-refractivity contribution is 5.88. The van der Waals surface area contributed by atoms with Crippen LogP contribution in [0.25, 0.3) is 0 Å². The van der Waals surface area contributed by atoms with Gasteiger partial charge >= 0.3 is 11.9 Å². The molecule has 2 atom stereocenters. The highest BCUT2D eigenvalue weighted by Gasteiger charge is 2.20. The maximum atomic E-state index is 12.3. The van der Waals surface area contributed by atoms with Crippen LogP contribution in [0.1, 0.15) is 49.0 Å².